The summed E-state index contributed by atoms with van der Waals surface area (Å²) in [5.74, 6) is -1.69. The summed E-state index contributed by atoms with van der Waals surface area (Å²) >= 11 is 0. The van der Waals surface area contributed by atoms with E-state index in [0.717, 1.165) is 16.8 Å². The smallest absolute Gasteiger partial charge is 0.435 e. The lowest BCUT2D eigenvalue weighted by molar-refractivity contribution is -0.141. The third-order valence-electron chi connectivity index (χ3n) is 3.67. The summed E-state index contributed by atoms with van der Waals surface area (Å²) in [6, 6.07) is 2.91. The molecule has 12 heteroatoms. The molecular formula is C15H11F3N4O4S. The highest BCUT2D eigenvalue weighted by Gasteiger charge is 2.34. The lowest BCUT2D eigenvalue weighted by Crippen LogP contribution is -2.10. The van der Waals surface area contributed by atoms with Crippen LogP contribution in [0.15, 0.2) is 35.5 Å². The Kier molecular flexibility index (Phi) is 4.38. The van der Waals surface area contributed by atoms with Gasteiger partial charge < -0.3 is 5.11 Å². The zero-order valence-corrected chi connectivity index (χ0v) is 14.4. The molecule has 0 saturated heterocycles. The molecule has 27 heavy (non-hydrogen) atoms. The van der Waals surface area contributed by atoms with Gasteiger partial charge in [-0.25, -0.2) is 22.7 Å². The van der Waals surface area contributed by atoms with Crippen molar-refractivity contribution in [3.05, 3.63) is 41.9 Å². The van der Waals surface area contributed by atoms with Crippen molar-refractivity contribution >= 4 is 21.5 Å². The van der Waals surface area contributed by atoms with Gasteiger partial charge >= 0.3 is 12.1 Å². The van der Waals surface area contributed by atoms with E-state index in [2.05, 4.69) is 15.1 Å². The van der Waals surface area contributed by atoms with E-state index < -0.39 is 27.7 Å². The summed E-state index contributed by atoms with van der Waals surface area (Å²) < 4.78 is 63.9. The number of hydrogen-bond acceptors (Lipinski definition) is 6. The van der Waals surface area contributed by atoms with Crippen LogP contribution in [-0.4, -0.2) is 44.8 Å². The van der Waals surface area contributed by atoms with E-state index in [4.69, 9.17) is 5.11 Å². The first-order chi connectivity index (χ1) is 12.5. The van der Waals surface area contributed by atoms with Gasteiger partial charge in [0.25, 0.3) is 0 Å². The molecule has 0 aliphatic rings. The van der Waals surface area contributed by atoms with E-state index in [1.807, 2.05) is 0 Å². The van der Waals surface area contributed by atoms with Crippen LogP contribution in [0, 0.1) is 0 Å². The van der Waals surface area contributed by atoms with Crippen molar-refractivity contribution in [1.82, 2.24) is 19.6 Å². The highest BCUT2D eigenvalue weighted by molar-refractivity contribution is 7.91. The first-order valence-corrected chi connectivity index (χ1v) is 9.08. The Labute approximate surface area is 150 Å². The molecule has 0 unspecified atom stereocenters. The first kappa shape index (κ1) is 18.8. The topological polar surface area (TPSA) is 115 Å². The third kappa shape index (κ3) is 3.47. The van der Waals surface area contributed by atoms with Gasteiger partial charge in [-0.2, -0.15) is 18.3 Å². The SMILES string of the molecule is CCS(=O)(=O)c1cc(C(=O)O)cnc1-c1ccn2nc(C(F)(F)F)cc2n1. The second-order valence-electron chi connectivity index (χ2n) is 5.42. The molecule has 0 spiro atoms. The maximum atomic E-state index is 12.8. The molecule has 3 rings (SSSR count). The van der Waals surface area contributed by atoms with Gasteiger partial charge in [0.15, 0.2) is 21.2 Å². The number of halogens is 3. The quantitative estimate of drug-likeness (QED) is 0.715. The van der Waals surface area contributed by atoms with Gasteiger partial charge in [0.1, 0.15) is 5.69 Å². The fraction of sp³-hybridized carbons (Fsp3) is 0.200. The third-order valence-corrected chi connectivity index (χ3v) is 5.41. The molecule has 0 atom stereocenters. The maximum absolute atomic E-state index is 12.8. The highest BCUT2D eigenvalue weighted by Crippen LogP contribution is 2.30. The van der Waals surface area contributed by atoms with Crippen LogP contribution in [0.5, 0.6) is 0 Å². The number of nitrogens with zero attached hydrogens (tertiary/aromatic N) is 4. The monoisotopic (exact) mass is 400 g/mol. The molecule has 0 aromatic carbocycles. The number of carboxylic acid groups (broad SMARTS) is 1. The van der Waals surface area contributed by atoms with Gasteiger partial charge in [-0.15, -0.1) is 0 Å². The molecule has 8 nitrogen and oxygen atoms in total. The van der Waals surface area contributed by atoms with E-state index in [0.29, 0.717) is 6.07 Å². The maximum Gasteiger partial charge on any atom is 0.435 e. The Hall–Kier alpha value is -3.02. The fourth-order valence-electron chi connectivity index (χ4n) is 2.30. The minimum absolute atomic E-state index is 0.0277. The standard InChI is InChI=1S/C15H11F3N4O4S/c1-2-27(25,26)10-5-8(14(23)24)7-19-13(10)9-3-4-22-12(20-9)6-11(21-22)15(16,17)18/h3-7H,2H2,1H3,(H,23,24). The summed E-state index contributed by atoms with van der Waals surface area (Å²) in [6.45, 7) is 1.37. The van der Waals surface area contributed by atoms with Gasteiger partial charge in [0.2, 0.25) is 0 Å². The average Bonchev–Trinajstić information content (AvgIpc) is 3.04. The van der Waals surface area contributed by atoms with E-state index in [1.54, 1.807) is 0 Å². The number of alkyl halides is 3. The molecule has 0 aliphatic carbocycles. The molecule has 3 aromatic rings. The molecule has 0 bridgehead atoms. The molecule has 0 aliphatic heterocycles. The zero-order chi connectivity index (χ0) is 20.0. The van der Waals surface area contributed by atoms with Crippen LogP contribution in [0.4, 0.5) is 13.2 Å². The summed E-state index contributed by atoms with van der Waals surface area (Å²) in [6.07, 6.45) is -2.52. The second kappa shape index (κ2) is 6.30. The van der Waals surface area contributed by atoms with Crippen LogP contribution in [0.25, 0.3) is 17.0 Å². The lowest BCUT2D eigenvalue weighted by Gasteiger charge is -2.09. The zero-order valence-electron chi connectivity index (χ0n) is 13.6. The van der Waals surface area contributed by atoms with Crippen LogP contribution in [0.2, 0.25) is 0 Å². The summed E-state index contributed by atoms with van der Waals surface area (Å²) in [4.78, 5) is 18.6. The van der Waals surface area contributed by atoms with Crippen molar-refractivity contribution in [1.29, 1.82) is 0 Å². The Balaban J connectivity index is 2.22. The second-order valence-corrected chi connectivity index (χ2v) is 7.67. The molecule has 0 saturated carbocycles. The number of fused-ring (bicyclic) bond motifs is 1. The number of aromatic nitrogens is 4. The van der Waals surface area contributed by atoms with Crippen LogP contribution in [0.1, 0.15) is 23.0 Å². The van der Waals surface area contributed by atoms with Crippen LogP contribution < -0.4 is 0 Å². The van der Waals surface area contributed by atoms with Gasteiger partial charge in [-0.1, -0.05) is 6.92 Å². The predicted molar refractivity (Wildman–Crippen MR) is 85.9 cm³/mol. The molecular weight excluding hydrogens is 389 g/mol. The number of sulfone groups is 1. The first-order valence-electron chi connectivity index (χ1n) is 7.43. The lowest BCUT2D eigenvalue weighted by atomic mass is 10.2. The van der Waals surface area contributed by atoms with Crippen molar-refractivity contribution in [3.63, 3.8) is 0 Å². The highest BCUT2D eigenvalue weighted by atomic mass is 32.2. The van der Waals surface area contributed by atoms with Crippen molar-refractivity contribution in [2.45, 2.75) is 18.0 Å². The van der Waals surface area contributed by atoms with Gasteiger partial charge in [-0.05, 0) is 12.1 Å². The van der Waals surface area contributed by atoms with E-state index in [1.165, 1.54) is 19.2 Å². The van der Waals surface area contributed by atoms with Crippen molar-refractivity contribution in [2.24, 2.45) is 0 Å². The Morgan fingerprint density at radius 1 is 1.30 bits per heavy atom. The molecule has 1 N–H and O–H groups in total. The average molecular weight is 400 g/mol. The fourth-order valence-corrected chi connectivity index (χ4v) is 3.37. The number of rotatable bonds is 4. The Bertz CT molecular complexity index is 1160. The van der Waals surface area contributed by atoms with Gasteiger partial charge in [0, 0.05) is 18.5 Å². The van der Waals surface area contributed by atoms with E-state index >= 15 is 0 Å². The molecule has 142 valence electrons. The molecule has 0 fully saturated rings. The molecule has 0 amide bonds. The van der Waals surface area contributed by atoms with Crippen LogP contribution in [0.3, 0.4) is 0 Å². The molecule has 3 aromatic heterocycles. The van der Waals surface area contributed by atoms with Crippen molar-refractivity contribution in [3.8, 4) is 11.4 Å². The van der Waals surface area contributed by atoms with Crippen molar-refractivity contribution in [2.75, 3.05) is 5.75 Å². The predicted octanol–water partition coefficient (Wildman–Crippen LogP) is 2.30. The van der Waals surface area contributed by atoms with Crippen LogP contribution in [-0.2, 0) is 16.0 Å². The minimum atomic E-state index is -4.66. The minimum Gasteiger partial charge on any atom is -0.478 e. The summed E-state index contributed by atoms with van der Waals surface area (Å²) in [5, 5.41) is 12.4. The largest absolute Gasteiger partial charge is 0.478 e. The number of carbonyl (C=O) groups is 1. The number of pyridine rings is 1. The van der Waals surface area contributed by atoms with E-state index in [-0.39, 0.29) is 33.2 Å². The Morgan fingerprint density at radius 2 is 2.00 bits per heavy atom. The van der Waals surface area contributed by atoms with Gasteiger partial charge in [-0.3, -0.25) is 4.98 Å². The van der Waals surface area contributed by atoms with Gasteiger partial charge in [0.05, 0.1) is 21.9 Å². The summed E-state index contributed by atoms with van der Waals surface area (Å²) in [7, 11) is -3.87. The molecule has 3 heterocycles. The van der Waals surface area contributed by atoms with Crippen LogP contribution >= 0.6 is 0 Å². The Morgan fingerprint density at radius 3 is 2.59 bits per heavy atom. The normalized spacial score (nSPS) is 12.4. The van der Waals surface area contributed by atoms with Crippen molar-refractivity contribution < 1.29 is 31.5 Å². The molecule has 0 radical (unpaired) electrons. The van der Waals surface area contributed by atoms with E-state index in [9.17, 15) is 26.4 Å². The summed E-state index contributed by atoms with van der Waals surface area (Å²) in [5.41, 5.74) is -1.83. The number of aromatic carboxylic acids is 1. The number of hydrogen-bond donors (Lipinski definition) is 1. The number of carboxylic acids is 1.